The van der Waals surface area contributed by atoms with Gasteiger partial charge in [0.05, 0.1) is 6.04 Å². The van der Waals surface area contributed by atoms with Crippen LogP contribution < -0.4 is 10.6 Å². The minimum absolute atomic E-state index is 0.0417. The maximum absolute atomic E-state index is 12.5. The number of rotatable bonds is 5. The normalized spacial score (nSPS) is 12.3. The first-order chi connectivity index (χ1) is 11.4. The predicted molar refractivity (Wildman–Crippen MR) is 102 cm³/mol. The molecule has 0 aliphatic carbocycles. The maximum Gasteiger partial charge on any atom is 0.319 e. The van der Waals surface area contributed by atoms with Crippen molar-refractivity contribution in [3.05, 3.63) is 65.2 Å². The van der Waals surface area contributed by atoms with E-state index in [2.05, 4.69) is 56.5 Å². The van der Waals surface area contributed by atoms with Crippen LogP contribution in [0, 0.1) is 0 Å². The third-order valence-corrected chi connectivity index (χ3v) is 4.26. The number of hydrogen-bond donors (Lipinski definition) is 2. The van der Waals surface area contributed by atoms with Gasteiger partial charge in [-0.15, -0.1) is 0 Å². The summed E-state index contributed by atoms with van der Waals surface area (Å²) < 4.78 is 0. The molecule has 0 saturated carbocycles. The van der Waals surface area contributed by atoms with Gasteiger partial charge in [-0.3, -0.25) is 0 Å². The number of urea groups is 1. The van der Waals surface area contributed by atoms with E-state index < -0.39 is 0 Å². The average Bonchev–Trinajstić information content (AvgIpc) is 2.55. The number of carbonyl (C=O) groups is 1. The van der Waals surface area contributed by atoms with Crippen molar-refractivity contribution < 1.29 is 4.79 Å². The second kappa shape index (κ2) is 8.00. The van der Waals surface area contributed by atoms with Gasteiger partial charge >= 0.3 is 6.03 Å². The first-order valence-electron chi connectivity index (χ1n) is 8.65. The lowest BCUT2D eigenvalue weighted by atomic mass is 9.93. The fourth-order valence-corrected chi connectivity index (χ4v) is 2.87. The Hall–Kier alpha value is -2.29. The van der Waals surface area contributed by atoms with E-state index in [1.165, 1.54) is 11.1 Å². The lowest BCUT2D eigenvalue weighted by molar-refractivity contribution is 0.249. The molecule has 1 unspecified atom stereocenters. The second-order valence-corrected chi connectivity index (χ2v) is 6.85. The molecule has 0 aliphatic rings. The van der Waals surface area contributed by atoms with Gasteiger partial charge in [0.2, 0.25) is 0 Å². The van der Waals surface area contributed by atoms with E-state index in [1.807, 2.05) is 37.3 Å². The van der Waals surface area contributed by atoms with Gasteiger partial charge in [-0.2, -0.15) is 0 Å². The smallest absolute Gasteiger partial charge is 0.319 e. The molecule has 0 heterocycles. The van der Waals surface area contributed by atoms with Crippen molar-refractivity contribution in [1.82, 2.24) is 5.32 Å². The van der Waals surface area contributed by atoms with Gasteiger partial charge < -0.3 is 10.6 Å². The topological polar surface area (TPSA) is 41.1 Å². The second-order valence-electron chi connectivity index (χ2n) is 6.85. The molecule has 2 aromatic carbocycles. The summed E-state index contributed by atoms with van der Waals surface area (Å²) in [6, 6.07) is 16.0. The summed E-state index contributed by atoms with van der Waals surface area (Å²) in [5.41, 5.74) is 4.38. The molecule has 0 aliphatic heterocycles. The Morgan fingerprint density at radius 2 is 1.33 bits per heavy atom. The highest BCUT2D eigenvalue weighted by Gasteiger charge is 2.17. The van der Waals surface area contributed by atoms with E-state index in [0.29, 0.717) is 11.8 Å². The minimum atomic E-state index is -0.165. The number of anilines is 1. The third-order valence-electron chi connectivity index (χ3n) is 4.26. The monoisotopic (exact) mass is 324 g/mol. The standard InChI is InChI=1S/C21H28N2O/c1-14(2)18-12-9-13-19(15(3)4)20(18)23-21(24)22-16(5)17-10-7-6-8-11-17/h6-16H,1-5H3,(H2,22,23,24). The minimum Gasteiger partial charge on any atom is -0.331 e. The molecule has 0 radical (unpaired) electrons. The summed E-state index contributed by atoms with van der Waals surface area (Å²) in [4.78, 5) is 12.5. The Morgan fingerprint density at radius 3 is 1.83 bits per heavy atom. The van der Waals surface area contributed by atoms with Crippen molar-refractivity contribution in [3.8, 4) is 0 Å². The van der Waals surface area contributed by atoms with Crippen molar-refractivity contribution in [2.75, 3.05) is 5.32 Å². The number of carbonyl (C=O) groups excluding carboxylic acids is 1. The van der Waals surface area contributed by atoms with Crippen LogP contribution in [0.25, 0.3) is 0 Å². The van der Waals surface area contributed by atoms with Crippen LogP contribution in [-0.2, 0) is 0 Å². The summed E-state index contributed by atoms with van der Waals surface area (Å²) in [7, 11) is 0. The van der Waals surface area contributed by atoms with E-state index in [4.69, 9.17) is 0 Å². The van der Waals surface area contributed by atoms with Gasteiger partial charge in [0, 0.05) is 5.69 Å². The molecule has 2 amide bonds. The SMILES string of the molecule is CC(C)c1cccc(C(C)C)c1NC(=O)NC(C)c1ccccc1. The van der Waals surface area contributed by atoms with Crippen LogP contribution in [0.5, 0.6) is 0 Å². The van der Waals surface area contributed by atoms with Crippen LogP contribution in [0.2, 0.25) is 0 Å². The van der Waals surface area contributed by atoms with E-state index in [0.717, 1.165) is 11.3 Å². The van der Waals surface area contributed by atoms with Crippen LogP contribution in [0.1, 0.15) is 69.2 Å². The first-order valence-corrected chi connectivity index (χ1v) is 8.65. The Kier molecular flexibility index (Phi) is 6.02. The maximum atomic E-state index is 12.5. The summed E-state index contributed by atoms with van der Waals surface area (Å²) in [6.45, 7) is 10.6. The van der Waals surface area contributed by atoms with Crippen LogP contribution in [0.15, 0.2) is 48.5 Å². The molecule has 1 atom stereocenters. The van der Waals surface area contributed by atoms with Gasteiger partial charge in [0.15, 0.2) is 0 Å². The van der Waals surface area contributed by atoms with E-state index in [-0.39, 0.29) is 12.1 Å². The zero-order valence-electron chi connectivity index (χ0n) is 15.3. The molecule has 0 fully saturated rings. The van der Waals surface area contributed by atoms with Crippen molar-refractivity contribution in [2.45, 2.75) is 52.5 Å². The molecule has 128 valence electrons. The molecule has 3 heteroatoms. The summed E-state index contributed by atoms with van der Waals surface area (Å²) >= 11 is 0. The highest BCUT2D eigenvalue weighted by atomic mass is 16.2. The quantitative estimate of drug-likeness (QED) is 0.715. The predicted octanol–water partition coefficient (Wildman–Crippen LogP) is 5.82. The molecule has 2 aromatic rings. The molecule has 2 rings (SSSR count). The fourth-order valence-electron chi connectivity index (χ4n) is 2.87. The van der Waals surface area contributed by atoms with E-state index in [1.54, 1.807) is 0 Å². The number of hydrogen-bond acceptors (Lipinski definition) is 1. The third kappa shape index (κ3) is 4.38. The Balaban J connectivity index is 2.19. The number of amides is 2. The molecule has 0 saturated heterocycles. The fraction of sp³-hybridized carbons (Fsp3) is 0.381. The summed E-state index contributed by atoms with van der Waals surface area (Å²) in [5, 5.41) is 6.12. The molecule has 3 nitrogen and oxygen atoms in total. The zero-order chi connectivity index (χ0) is 17.7. The van der Waals surface area contributed by atoms with Crippen LogP contribution in [0.4, 0.5) is 10.5 Å². The van der Waals surface area contributed by atoms with Crippen molar-refractivity contribution in [2.24, 2.45) is 0 Å². The first kappa shape index (κ1) is 18.1. The van der Waals surface area contributed by atoms with Crippen LogP contribution in [0.3, 0.4) is 0 Å². The molecule has 0 spiro atoms. The van der Waals surface area contributed by atoms with Gasteiger partial charge in [0.1, 0.15) is 0 Å². The van der Waals surface area contributed by atoms with Crippen LogP contribution in [-0.4, -0.2) is 6.03 Å². The van der Waals surface area contributed by atoms with Crippen molar-refractivity contribution >= 4 is 11.7 Å². The number of benzene rings is 2. The average molecular weight is 324 g/mol. The molecule has 24 heavy (non-hydrogen) atoms. The Bertz CT molecular complexity index is 651. The van der Waals surface area contributed by atoms with Gasteiger partial charge in [-0.05, 0) is 35.4 Å². The van der Waals surface area contributed by atoms with Crippen LogP contribution >= 0.6 is 0 Å². The van der Waals surface area contributed by atoms with Gasteiger partial charge in [0.25, 0.3) is 0 Å². The lowest BCUT2D eigenvalue weighted by Crippen LogP contribution is -2.32. The Labute approximate surface area is 145 Å². The van der Waals surface area contributed by atoms with E-state index in [9.17, 15) is 4.79 Å². The molecule has 0 aromatic heterocycles. The van der Waals surface area contributed by atoms with Gasteiger partial charge in [-0.1, -0.05) is 76.2 Å². The largest absolute Gasteiger partial charge is 0.331 e. The molecule has 0 bridgehead atoms. The highest BCUT2D eigenvalue weighted by molar-refractivity contribution is 5.91. The zero-order valence-corrected chi connectivity index (χ0v) is 15.3. The number of nitrogens with one attached hydrogen (secondary N) is 2. The highest BCUT2D eigenvalue weighted by Crippen LogP contribution is 2.32. The molecular weight excluding hydrogens is 296 g/mol. The van der Waals surface area contributed by atoms with Crippen molar-refractivity contribution in [1.29, 1.82) is 0 Å². The number of para-hydroxylation sites is 1. The summed E-state index contributed by atoms with van der Waals surface area (Å²) in [5.74, 6) is 0.705. The van der Waals surface area contributed by atoms with Crippen molar-refractivity contribution in [3.63, 3.8) is 0 Å². The van der Waals surface area contributed by atoms with Gasteiger partial charge in [-0.25, -0.2) is 4.79 Å². The molecule has 2 N–H and O–H groups in total. The summed E-state index contributed by atoms with van der Waals surface area (Å²) in [6.07, 6.45) is 0. The Morgan fingerprint density at radius 1 is 0.792 bits per heavy atom. The molecular formula is C21H28N2O. The van der Waals surface area contributed by atoms with E-state index >= 15 is 0 Å². The lowest BCUT2D eigenvalue weighted by Gasteiger charge is -2.21.